The van der Waals surface area contributed by atoms with Crippen LogP contribution in [0.15, 0.2) is 60.7 Å². The highest BCUT2D eigenvalue weighted by Gasteiger charge is 2.53. The molecule has 2 fully saturated rings. The average Bonchev–Trinajstić information content (AvgIpc) is 3.10. The third kappa shape index (κ3) is 3.90. The summed E-state index contributed by atoms with van der Waals surface area (Å²) >= 11 is 0. The van der Waals surface area contributed by atoms with Crippen LogP contribution in [0.3, 0.4) is 0 Å². The zero-order valence-corrected chi connectivity index (χ0v) is 19.6. The second kappa shape index (κ2) is 8.56. The summed E-state index contributed by atoms with van der Waals surface area (Å²) in [5, 5.41) is 2.53. The van der Waals surface area contributed by atoms with E-state index in [1.54, 1.807) is 0 Å². The summed E-state index contributed by atoms with van der Waals surface area (Å²) in [7, 11) is -2.58. The molecule has 0 amide bonds. The second-order valence-electron chi connectivity index (χ2n) is 9.45. The molecule has 2 heterocycles. The monoisotopic (exact) mass is 426 g/mol. The molecular formula is C25H34O4Si. The van der Waals surface area contributed by atoms with E-state index in [0.717, 1.165) is 12.8 Å². The van der Waals surface area contributed by atoms with Crippen LogP contribution in [-0.2, 0) is 18.6 Å². The molecule has 2 saturated heterocycles. The lowest BCUT2D eigenvalue weighted by Gasteiger charge is -2.45. The molecule has 3 atom stereocenters. The molecule has 0 radical (unpaired) electrons. The molecule has 162 valence electrons. The molecule has 0 aliphatic carbocycles. The van der Waals surface area contributed by atoms with E-state index in [-0.39, 0.29) is 23.0 Å². The lowest BCUT2D eigenvalue weighted by Crippen LogP contribution is -2.67. The number of hydrogen-bond acceptors (Lipinski definition) is 4. The highest BCUT2D eigenvalue weighted by molar-refractivity contribution is 6.99. The molecule has 0 saturated carbocycles. The van der Waals surface area contributed by atoms with Gasteiger partial charge in [0, 0.05) is 12.8 Å². The molecule has 4 rings (SSSR count). The number of rotatable bonds is 5. The first-order valence-corrected chi connectivity index (χ1v) is 12.9. The Hall–Kier alpha value is -1.50. The molecule has 0 N–H and O–H groups in total. The Bertz CT molecular complexity index is 781. The van der Waals surface area contributed by atoms with Crippen molar-refractivity contribution in [2.45, 2.75) is 63.6 Å². The summed E-state index contributed by atoms with van der Waals surface area (Å²) < 4.78 is 25.2. The van der Waals surface area contributed by atoms with Gasteiger partial charge in [-0.15, -0.1) is 0 Å². The minimum absolute atomic E-state index is 0.0503. The Balaban J connectivity index is 1.70. The molecule has 2 aromatic rings. The highest BCUT2D eigenvalue weighted by atomic mass is 28.4. The van der Waals surface area contributed by atoms with Gasteiger partial charge in [0.05, 0.1) is 19.8 Å². The maximum Gasteiger partial charge on any atom is 0.261 e. The van der Waals surface area contributed by atoms with Crippen LogP contribution in [0.5, 0.6) is 0 Å². The average molecular weight is 427 g/mol. The Kier molecular flexibility index (Phi) is 6.20. The van der Waals surface area contributed by atoms with E-state index in [4.69, 9.17) is 18.6 Å². The predicted octanol–water partition coefficient (Wildman–Crippen LogP) is 3.87. The highest BCUT2D eigenvalue weighted by Crippen LogP contribution is 2.40. The van der Waals surface area contributed by atoms with Crippen molar-refractivity contribution in [3.8, 4) is 0 Å². The molecular weight excluding hydrogens is 392 g/mol. The van der Waals surface area contributed by atoms with Crippen molar-refractivity contribution in [2.75, 3.05) is 19.8 Å². The van der Waals surface area contributed by atoms with Crippen LogP contribution >= 0.6 is 0 Å². The third-order valence-electron chi connectivity index (χ3n) is 6.58. The molecule has 4 nitrogen and oxygen atoms in total. The molecule has 2 aliphatic rings. The van der Waals surface area contributed by atoms with E-state index < -0.39 is 8.32 Å². The molecule has 0 aromatic heterocycles. The minimum Gasteiger partial charge on any atom is -0.405 e. The predicted molar refractivity (Wildman–Crippen MR) is 122 cm³/mol. The summed E-state index contributed by atoms with van der Waals surface area (Å²) in [6, 6.07) is 21.5. The zero-order chi connectivity index (χ0) is 21.2. The minimum atomic E-state index is -2.58. The van der Waals surface area contributed by atoms with Gasteiger partial charge in [0.1, 0.15) is 11.7 Å². The summed E-state index contributed by atoms with van der Waals surface area (Å²) in [6.07, 6.45) is 1.48. The fraction of sp³-hybridized carbons (Fsp3) is 0.520. The Labute approximate surface area is 181 Å². The largest absolute Gasteiger partial charge is 0.405 e. The van der Waals surface area contributed by atoms with Crippen molar-refractivity contribution in [3.63, 3.8) is 0 Å². The maximum absolute atomic E-state index is 7.11. The summed E-state index contributed by atoms with van der Waals surface area (Å²) in [4.78, 5) is 0. The van der Waals surface area contributed by atoms with Gasteiger partial charge in [-0.05, 0) is 22.3 Å². The fourth-order valence-corrected chi connectivity index (χ4v) is 9.65. The van der Waals surface area contributed by atoms with Crippen LogP contribution in [0.25, 0.3) is 0 Å². The molecule has 5 heteroatoms. The van der Waals surface area contributed by atoms with Gasteiger partial charge in [-0.1, -0.05) is 81.4 Å². The smallest absolute Gasteiger partial charge is 0.261 e. The van der Waals surface area contributed by atoms with Gasteiger partial charge in [0.15, 0.2) is 6.29 Å². The molecule has 2 aliphatic heterocycles. The first kappa shape index (κ1) is 21.7. The van der Waals surface area contributed by atoms with Gasteiger partial charge in [0.2, 0.25) is 0 Å². The van der Waals surface area contributed by atoms with E-state index in [1.165, 1.54) is 10.4 Å². The molecule has 0 bridgehead atoms. The topological polar surface area (TPSA) is 36.9 Å². The van der Waals surface area contributed by atoms with Crippen molar-refractivity contribution in [2.24, 2.45) is 0 Å². The van der Waals surface area contributed by atoms with Crippen LogP contribution in [0.4, 0.5) is 0 Å². The van der Waals surface area contributed by atoms with Gasteiger partial charge in [0.25, 0.3) is 8.32 Å². The van der Waals surface area contributed by atoms with E-state index in [2.05, 4.69) is 81.4 Å². The van der Waals surface area contributed by atoms with Crippen molar-refractivity contribution < 1.29 is 18.6 Å². The standard InChI is InChI=1S/C25H34O4Si/c1-20-26-17-15-25(29-20)16-18-27-23(25)19-28-30(24(2,3)4,21-11-7-5-8-12-21)22-13-9-6-10-14-22/h5-14,20,23H,15-19H2,1-4H3/t20?,23-,25-/m1/s1. The van der Waals surface area contributed by atoms with Crippen molar-refractivity contribution in [1.29, 1.82) is 0 Å². The molecule has 30 heavy (non-hydrogen) atoms. The van der Waals surface area contributed by atoms with Crippen LogP contribution in [0, 0.1) is 0 Å². The van der Waals surface area contributed by atoms with Gasteiger partial charge >= 0.3 is 0 Å². The summed E-state index contributed by atoms with van der Waals surface area (Å²) in [5.74, 6) is 0. The van der Waals surface area contributed by atoms with E-state index in [9.17, 15) is 0 Å². The molecule has 2 aromatic carbocycles. The summed E-state index contributed by atoms with van der Waals surface area (Å²) in [6.45, 7) is 10.8. The number of ether oxygens (including phenoxy) is 3. The SMILES string of the molecule is CC1OCC[C@]2(CCO[C@@H]2CO[Si](c2ccccc2)(c2ccccc2)C(C)(C)C)O1. The van der Waals surface area contributed by atoms with Crippen molar-refractivity contribution in [1.82, 2.24) is 0 Å². The van der Waals surface area contributed by atoms with Crippen molar-refractivity contribution in [3.05, 3.63) is 60.7 Å². The van der Waals surface area contributed by atoms with Crippen molar-refractivity contribution >= 4 is 18.7 Å². The first-order chi connectivity index (χ1) is 14.4. The number of benzene rings is 2. The van der Waals surface area contributed by atoms with Crippen LogP contribution in [0.2, 0.25) is 5.04 Å². The number of hydrogen-bond donors (Lipinski definition) is 0. The second-order valence-corrected chi connectivity index (χ2v) is 13.8. The lowest BCUT2D eigenvalue weighted by molar-refractivity contribution is -0.262. The third-order valence-corrected chi connectivity index (χ3v) is 11.6. The Morgan fingerprint density at radius 2 is 1.43 bits per heavy atom. The maximum atomic E-state index is 7.11. The molecule has 1 spiro atoms. The van der Waals surface area contributed by atoms with Gasteiger partial charge < -0.3 is 18.6 Å². The summed E-state index contributed by atoms with van der Waals surface area (Å²) in [5.41, 5.74) is -0.303. The normalized spacial score (nSPS) is 27.5. The van der Waals surface area contributed by atoms with Gasteiger partial charge in [-0.25, -0.2) is 0 Å². The van der Waals surface area contributed by atoms with Crippen LogP contribution in [-0.4, -0.2) is 46.1 Å². The van der Waals surface area contributed by atoms with E-state index >= 15 is 0 Å². The Morgan fingerprint density at radius 3 is 1.93 bits per heavy atom. The zero-order valence-electron chi connectivity index (χ0n) is 18.6. The quantitative estimate of drug-likeness (QED) is 0.680. The van der Waals surface area contributed by atoms with E-state index in [1.807, 2.05) is 6.92 Å². The Morgan fingerprint density at radius 1 is 0.900 bits per heavy atom. The van der Waals surface area contributed by atoms with Gasteiger partial charge in [-0.2, -0.15) is 0 Å². The van der Waals surface area contributed by atoms with Crippen LogP contribution < -0.4 is 10.4 Å². The van der Waals surface area contributed by atoms with E-state index in [0.29, 0.717) is 19.8 Å². The van der Waals surface area contributed by atoms with Crippen LogP contribution in [0.1, 0.15) is 40.5 Å². The fourth-order valence-electron chi connectivity index (χ4n) is 5.09. The van der Waals surface area contributed by atoms with Gasteiger partial charge in [-0.3, -0.25) is 0 Å². The molecule has 1 unspecified atom stereocenters. The first-order valence-electron chi connectivity index (χ1n) is 11.0. The lowest BCUT2D eigenvalue weighted by atomic mass is 9.91.